The van der Waals surface area contributed by atoms with Crippen LogP contribution in [-0.2, 0) is 0 Å². The van der Waals surface area contributed by atoms with Gasteiger partial charge in [0.1, 0.15) is 12.1 Å². The third-order valence-electron chi connectivity index (χ3n) is 2.24. The van der Waals surface area contributed by atoms with E-state index in [1.807, 2.05) is 0 Å². The van der Waals surface area contributed by atoms with E-state index in [1.165, 1.54) is 12.8 Å². The third kappa shape index (κ3) is 2.18. The lowest BCUT2D eigenvalue weighted by molar-refractivity contribution is 0.773. The van der Waals surface area contributed by atoms with Crippen LogP contribution in [-0.4, -0.2) is 23.6 Å². The highest BCUT2D eigenvalue weighted by Crippen LogP contribution is 2.31. The summed E-state index contributed by atoms with van der Waals surface area (Å²) >= 11 is 3.44. The molecule has 4 heteroatoms. The first-order chi connectivity index (χ1) is 6.27. The van der Waals surface area contributed by atoms with Gasteiger partial charge in [0, 0.05) is 19.8 Å². The molecular weight excluding hydrogens is 230 g/mol. The first-order valence-electron chi connectivity index (χ1n) is 4.44. The summed E-state index contributed by atoms with van der Waals surface area (Å²) in [6.45, 7) is 1.11. The molecule has 0 atom stereocenters. The molecule has 13 heavy (non-hydrogen) atoms. The van der Waals surface area contributed by atoms with Gasteiger partial charge < -0.3 is 4.90 Å². The fourth-order valence-electron chi connectivity index (χ4n) is 1.36. The molecule has 2 rings (SSSR count). The summed E-state index contributed by atoms with van der Waals surface area (Å²) in [7, 11) is 2.07. The van der Waals surface area contributed by atoms with Crippen molar-refractivity contribution in [3.8, 4) is 0 Å². The average Bonchev–Trinajstić information content (AvgIpc) is 2.89. The highest BCUT2D eigenvalue weighted by Gasteiger charge is 2.23. The molecule has 0 aliphatic heterocycles. The average molecular weight is 242 g/mol. The molecule has 70 valence electrons. The van der Waals surface area contributed by atoms with E-state index in [1.54, 1.807) is 12.5 Å². The molecule has 0 saturated heterocycles. The molecule has 3 nitrogen and oxygen atoms in total. The molecule has 0 bridgehead atoms. The second-order valence-corrected chi connectivity index (χ2v) is 4.37. The molecule has 1 aromatic heterocycles. The maximum atomic E-state index is 4.23. The minimum Gasteiger partial charge on any atom is -0.358 e. The van der Waals surface area contributed by atoms with Crippen molar-refractivity contribution in [3.63, 3.8) is 0 Å². The summed E-state index contributed by atoms with van der Waals surface area (Å²) in [6.07, 6.45) is 6.11. The summed E-state index contributed by atoms with van der Waals surface area (Å²) in [5, 5.41) is 0. The number of nitrogens with zero attached hydrogens (tertiary/aromatic N) is 3. The van der Waals surface area contributed by atoms with Gasteiger partial charge in [0.05, 0.1) is 4.47 Å². The minimum atomic E-state index is 0.881. The number of aromatic nitrogens is 2. The Kier molecular flexibility index (Phi) is 2.49. The number of anilines is 1. The van der Waals surface area contributed by atoms with Crippen LogP contribution < -0.4 is 4.90 Å². The molecule has 1 fully saturated rings. The summed E-state index contributed by atoms with van der Waals surface area (Å²) in [5.41, 5.74) is 0. The lowest BCUT2D eigenvalue weighted by Gasteiger charge is -2.18. The molecule has 0 unspecified atom stereocenters. The van der Waals surface area contributed by atoms with Gasteiger partial charge in [-0.1, -0.05) is 0 Å². The molecule has 0 amide bonds. The highest BCUT2D eigenvalue weighted by atomic mass is 79.9. The smallest absolute Gasteiger partial charge is 0.146 e. The van der Waals surface area contributed by atoms with Crippen LogP contribution in [0.15, 0.2) is 17.0 Å². The molecule has 1 saturated carbocycles. The molecule has 0 spiro atoms. The maximum Gasteiger partial charge on any atom is 0.146 e. The summed E-state index contributed by atoms with van der Waals surface area (Å²) in [6, 6.07) is 0. The maximum absolute atomic E-state index is 4.23. The zero-order valence-corrected chi connectivity index (χ0v) is 9.16. The Morgan fingerprint density at radius 3 is 3.00 bits per heavy atom. The zero-order chi connectivity index (χ0) is 9.26. The Bertz CT molecular complexity index is 299. The minimum absolute atomic E-state index is 0.881. The van der Waals surface area contributed by atoms with Crippen LogP contribution in [0, 0.1) is 5.92 Å². The number of halogens is 1. The van der Waals surface area contributed by atoms with Crippen LogP contribution in [0.4, 0.5) is 5.82 Å². The van der Waals surface area contributed by atoms with Crippen molar-refractivity contribution in [2.24, 2.45) is 5.92 Å². The normalized spacial score (nSPS) is 15.8. The Morgan fingerprint density at radius 1 is 1.62 bits per heavy atom. The Hall–Kier alpha value is -0.640. The predicted octanol–water partition coefficient (Wildman–Crippen LogP) is 2.09. The van der Waals surface area contributed by atoms with Crippen LogP contribution in [0.2, 0.25) is 0 Å². The fraction of sp³-hybridized carbons (Fsp3) is 0.556. The van der Waals surface area contributed by atoms with Gasteiger partial charge in [0.2, 0.25) is 0 Å². The second-order valence-electron chi connectivity index (χ2n) is 3.52. The first-order valence-corrected chi connectivity index (χ1v) is 5.23. The Labute approximate surface area is 86.3 Å². The van der Waals surface area contributed by atoms with E-state index in [0.29, 0.717) is 0 Å². The van der Waals surface area contributed by atoms with E-state index in [4.69, 9.17) is 0 Å². The molecular formula is C9H12BrN3. The molecule has 0 aromatic carbocycles. The largest absolute Gasteiger partial charge is 0.358 e. The summed E-state index contributed by atoms with van der Waals surface area (Å²) < 4.78 is 0.971. The lowest BCUT2D eigenvalue weighted by Crippen LogP contribution is -2.21. The van der Waals surface area contributed by atoms with Gasteiger partial charge >= 0.3 is 0 Å². The predicted molar refractivity (Wildman–Crippen MR) is 55.7 cm³/mol. The number of hydrogen-bond donors (Lipinski definition) is 0. The van der Waals surface area contributed by atoms with E-state index >= 15 is 0 Å². The zero-order valence-electron chi connectivity index (χ0n) is 7.57. The van der Waals surface area contributed by atoms with Gasteiger partial charge in [-0.05, 0) is 34.7 Å². The molecule has 1 aromatic rings. The van der Waals surface area contributed by atoms with Crippen LogP contribution in [0.1, 0.15) is 12.8 Å². The summed E-state index contributed by atoms with van der Waals surface area (Å²) in [5.74, 6) is 1.87. The lowest BCUT2D eigenvalue weighted by atomic mass is 10.4. The molecule has 1 aliphatic carbocycles. The topological polar surface area (TPSA) is 29.0 Å². The van der Waals surface area contributed by atoms with Crippen molar-refractivity contribution in [3.05, 3.63) is 17.0 Å². The van der Waals surface area contributed by atoms with Gasteiger partial charge in [-0.2, -0.15) is 0 Å². The van der Waals surface area contributed by atoms with Crippen LogP contribution in [0.5, 0.6) is 0 Å². The number of hydrogen-bond acceptors (Lipinski definition) is 3. The van der Waals surface area contributed by atoms with Crippen LogP contribution in [0.25, 0.3) is 0 Å². The molecule has 1 heterocycles. The van der Waals surface area contributed by atoms with Crippen molar-refractivity contribution in [1.29, 1.82) is 0 Å². The van der Waals surface area contributed by atoms with E-state index in [-0.39, 0.29) is 0 Å². The number of rotatable bonds is 3. The van der Waals surface area contributed by atoms with Crippen molar-refractivity contribution in [2.75, 3.05) is 18.5 Å². The standard InChI is InChI=1S/C9H12BrN3/c1-13(5-7-2-3-7)9-8(10)4-11-6-12-9/h4,6-7H,2-3,5H2,1H3. The monoisotopic (exact) mass is 241 g/mol. The Morgan fingerprint density at radius 2 is 2.38 bits per heavy atom. The van der Waals surface area contributed by atoms with Crippen LogP contribution >= 0.6 is 15.9 Å². The fourth-order valence-corrected chi connectivity index (χ4v) is 1.88. The molecule has 0 radical (unpaired) electrons. The first kappa shape index (κ1) is 8.94. The SMILES string of the molecule is CN(CC1CC1)c1ncncc1Br. The quantitative estimate of drug-likeness (QED) is 0.812. The Balaban J connectivity index is 2.09. The van der Waals surface area contributed by atoms with Gasteiger partial charge in [-0.15, -0.1) is 0 Å². The summed E-state index contributed by atoms with van der Waals surface area (Å²) in [4.78, 5) is 10.3. The van der Waals surface area contributed by atoms with Gasteiger partial charge in [0.15, 0.2) is 0 Å². The van der Waals surface area contributed by atoms with Gasteiger partial charge in [-0.3, -0.25) is 0 Å². The van der Waals surface area contributed by atoms with Crippen LogP contribution in [0.3, 0.4) is 0 Å². The van der Waals surface area contributed by atoms with E-state index in [9.17, 15) is 0 Å². The van der Waals surface area contributed by atoms with E-state index in [2.05, 4.69) is 37.8 Å². The second kappa shape index (κ2) is 3.62. The molecule has 1 aliphatic rings. The third-order valence-corrected chi connectivity index (χ3v) is 2.80. The molecule has 0 N–H and O–H groups in total. The van der Waals surface area contributed by atoms with Crippen molar-refractivity contribution in [2.45, 2.75) is 12.8 Å². The van der Waals surface area contributed by atoms with Crippen molar-refractivity contribution < 1.29 is 0 Å². The van der Waals surface area contributed by atoms with Crippen molar-refractivity contribution in [1.82, 2.24) is 9.97 Å². The van der Waals surface area contributed by atoms with E-state index in [0.717, 1.165) is 22.8 Å². The van der Waals surface area contributed by atoms with Gasteiger partial charge in [0.25, 0.3) is 0 Å². The highest BCUT2D eigenvalue weighted by molar-refractivity contribution is 9.10. The van der Waals surface area contributed by atoms with Crippen molar-refractivity contribution >= 4 is 21.7 Å². The van der Waals surface area contributed by atoms with Gasteiger partial charge in [-0.25, -0.2) is 9.97 Å². The van der Waals surface area contributed by atoms with E-state index < -0.39 is 0 Å².